The van der Waals surface area contributed by atoms with Gasteiger partial charge in [0.05, 0.1) is 13.0 Å². The molecule has 1 heterocycles. The quantitative estimate of drug-likeness (QED) is 0.475. The van der Waals surface area contributed by atoms with Gasteiger partial charge in [-0.25, -0.2) is 0 Å². The molecule has 0 aromatic carbocycles. The fraction of sp³-hybridized carbons (Fsp3) is 0.857. The second kappa shape index (κ2) is 5.80. The minimum Gasteiger partial charge on any atom is -0.469 e. The van der Waals surface area contributed by atoms with E-state index in [1.807, 2.05) is 6.92 Å². The topological polar surface area (TPSA) is 53.9 Å². The van der Waals surface area contributed by atoms with Gasteiger partial charge >= 0.3 is 5.97 Å². The number of hydrogen-bond donors (Lipinski definition) is 1. The molecule has 1 aliphatic heterocycles. The van der Waals surface area contributed by atoms with Gasteiger partial charge in [0.15, 0.2) is 5.96 Å². The lowest BCUT2D eigenvalue weighted by Crippen LogP contribution is -2.44. The number of carbonyl (C=O) groups excluding carboxylic acids is 1. The van der Waals surface area contributed by atoms with Gasteiger partial charge in [0.2, 0.25) is 0 Å². The number of hydrogen-bond acceptors (Lipinski definition) is 3. The van der Waals surface area contributed by atoms with E-state index in [-0.39, 0.29) is 11.9 Å². The van der Waals surface area contributed by atoms with Crippen LogP contribution in [0, 0.1) is 11.3 Å². The van der Waals surface area contributed by atoms with E-state index in [1.165, 1.54) is 32.8 Å². The van der Waals surface area contributed by atoms with E-state index < -0.39 is 0 Å². The van der Waals surface area contributed by atoms with Crippen LogP contribution in [-0.4, -0.2) is 50.6 Å². The second-order valence-corrected chi connectivity index (χ2v) is 5.88. The van der Waals surface area contributed by atoms with E-state index in [1.54, 1.807) is 7.05 Å². The summed E-state index contributed by atoms with van der Waals surface area (Å²) in [6, 6.07) is 0. The summed E-state index contributed by atoms with van der Waals surface area (Å²) < 4.78 is 4.73. The highest BCUT2D eigenvalue weighted by atomic mass is 16.5. The van der Waals surface area contributed by atoms with Gasteiger partial charge in [0.1, 0.15) is 0 Å². The Labute approximate surface area is 115 Å². The van der Waals surface area contributed by atoms with Crippen LogP contribution in [-0.2, 0) is 9.53 Å². The van der Waals surface area contributed by atoms with Crippen molar-refractivity contribution in [3.8, 4) is 0 Å². The van der Waals surface area contributed by atoms with E-state index in [0.717, 1.165) is 19.0 Å². The van der Waals surface area contributed by atoms with Crippen molar-refractivity contribution in [1.82, 2.24) is 10.2 Å². The average molecular weight is 267 g/mol. The van der Waals surface area contributed by atoms with Crippen LogP contribution in [0.15, 0.2) is 4.99 Å². The standard InChI is InChI=1S/C14H25N3O2/c1-11(12(18)19-3)9-16-13(15-2)17-8-7-14(10-17)5-4-6-14/h11H,4-10H2,1-3H3,(H,15,16). The van der Waals surface area contributed by atoms with Crippen molar-refractivity contribution in [2.24, 2.45) is 16.3 Å². The largest absolute Gasteiger partial charge is 0.469 e. The summed E-state index contributed by atoms with van der Waals surface area (Å²) >= 11 is 0. The molecule has 1 saturated heterocycles. The van der Waals surface area contributed by atoms with Crippen molar-refractivity contribution in [2.45, 2.75) is 32.6 Å². The number of likely N-dealkylation sites (tertiary alicyclic amines) is 1. The number of methoxy groups -OCH3 is 1. The van der Waals surface area contributed by atoms with Gasteiger partial charge in [-0.05, 0) is 24.7 Å². The van der Waals surface area contributed by atoms with Crippen molar-refractivity contribution in [2.75, 3.05) is 33.8 Å². The predicted molar refractivity (Wildman–Crippen MR) is 75.0 cm³/mol. The van der Waals surface area contributed by atoms with Gasteiger partial charge in [-0.2, -0.15) is 0 Å². The Morgan fingerprint density at radius 1 is 1.47 bits per heavy atom. The molecule has 5 nitrogen and oxygen atoms in total. The molecule has 0 radical (unpaired) electrons. The maximum atomic E-state index is 11.4. The molecule has 5 heteroatoms. The van der Waals surface area contributed by atoms with Crippen molar-refractivity contribution < 1.29 is 9.53 Å². The van der Waals surface area contributed by atoms with Crippen LogP contribution >= 0.6 is 0 Å². The van der Waals surface area contributed by atoms with E-state index in [9.17, 15) is 4.79 Å². The van der Waals surface area contributed by atoms with E-state index >= 15 is 0 Å². The normalized spacial score (nSPS) is 23.1. The molecule has 108 valence electrons. The highest BCUT2D eigenvalue weighted by molar-refractivity contribution is 5.81. The summed E-state index contributed by atoms with van der Waals surface area (Å²) in [5.41, 5.74) is 0.561. The third-order valence-electron chi connectivity index (χ3n) is 4.53. The first kappa shape index (κ1) is 14.2. The number of nitrogens with one attached hydrogen (secondary N) is 1. The van der Waals surface area contributed by atoms with Crippen LogP contribution in [0.4, 0.5) is 0 Å². The van der Waals surface area contributed by atoms with Gasteiger partial charge < -0.3 is 15.0 Å². The maximum absolute atomic E-state index is 11.4. The Hall–Kier alpha value is -1.26. The van der Waals surface area contributed by atoms with Crippen LogP contribution in [0.25, 0.3) is 0 Å². The number of carbonyl (C=O) groups is 1. The Morgan fingerprint density at radius 2 is 2.21 bits per heavy atom. The second-order valence-electron chi connectivity index (χ2n) is 5.88. The molecule has 2 rings (SSSR count). The summed E-state index contributed by atoms with van der Waals surface area (Å²) in [5, 5.41) is 3.29. The van der Waals surface area contributed by atoms with Crippen molar-refractivity contribution in [1.29, 1.82) is 0 Å². The minimum absolute atomic E-state index is 0.151. The molecular weight excluding hydrogens is 242 g/mol. The predicted octanol–water partition coefficient (Wildman–Crippen LogP) is 1.25. The smallest absolute Gasteiger partial charge is 0.310 e. The number of rotatable bonds is 3. The molecule has 2 fully saturated rings. The SMILES string of the molecule is CN=C(NCC(C)C(=O)OC)N1CCC2(CCC2)C1. The molecule has 0 aromatic rings. The zero-order valence-corrected chi connectivity index (χ0v) is 12.2. The van der Waals surface area contributed by atoms with Crippen LogP contribution in [0.5, 0.6) is 0 Å². The third-order valence-corrected chi connectivity index (χ3v) is 4.53. The average Bonchev–Trinajstić information content (AvgIpc) is 2.83. The first-order valence-electron chi connectivity index (χ1n) is 7.14. The molecule has 1 spiro atoms. The Bertz CT molecular complexity index is 364. The lowest BCUT2D eigenvalue weighted by Gasteiger charge is -2.38. The Kier molecular flexibility index (Phi) is 4.32. The first-order chi connectivity index (χ1) is 9.10. The van der Waals surface area contributed by atoms with E-state index in [4.69, 9.17) is 4.74 Å². The first-order valence-corrected chi connectivity index (χ1v) is 7.14. The molecule has 0 amide bonds. The van der Waals surface area contributed by atoms with Crippen molar-refractivity contribution in [3.05, 3.63) is 0 Å². The fourth-order valence-electron chi connectivity index (χ4n) is 3.06. The zero-order chi connectivity index (χ0) is 13.9. The number of guanidine groups is 1. The van der Waals surface area contributed by atoms with Crippen molar-refractivity contribution >= 4 is 11.9 Å². The number of ether oxygens (including phenoxy) is 1. The molecule has 0 bridgehead atoms. The number of aliphatic imine (C=N–C) groups is 1. The number of esters is 1. The van der Waals surface area contributed by atoms with Gasteiger partial charge in [0.25, 0.3) is 0 Å². The summed E-state index contributed by atoms with van der Waals surface area (Å²) in [7, 11) is 3.23. The van der Waals surface area contributed by atoms with Crippen LogP contribution < -0.4 is 5.32 Å². The van der Waals surface area contributed by atoms with Crippen LogP contribution in [0.1, 0.15) is 32.6 Å². The third kappa shape index (κ3) is 3.01. The van der Waals surface area contributed by atoms with Crippen LogP contribution in [0.3, 0.4) is 0 Å². The maximum Gasteiger partial charge on any atom is 0.310 e. The highest BCUT2D eigenvalue weighted by Crippen LogP contribution is 2.47. The van der Waals surface area contributed by atoms with Gasteiger partial charge in [-0.3, -0.25) is 9.79 Å². The van der Waals surface area contributed by atoms with Crippen LogP contribution in [0.2, 0.25) is 0 Å². The summed E-state index contributed by atoms with van der Waals surface area (Å²) in [4.78, 5) is 18.0. The van der Waals surface area contributed by atoms with Crippen molar-refractivity contribution in [3.63, 3.8) is 0 Å². The Morgan fingerprint density at radius 3 is 2.68 bits per heavy atom. The van der Waals surface area contributed by atoms with E-state index in [2.05, 4.69) is 15.2 Å². The minimum atomic E-state index is -0.181. The van der Waals surface area contributed by atoms with Gasteiger partial charge in [-0.15, -0.1) is 0 Å². The molecule has 1 unspecified atom stereocenters. The highest BCUT2D eigenvalue weighted by Gasteiger charge is 2.43. The monoisotopic (exact) mass is 267 g/mol. The molecule has 0 aromatic heterocycles. The lowest BCUT2D eigenvalue weighted by atomic mass is 9.68. The Balaban J connectivity index is 1.83. The molecule has 1 N–H and O–H groups in total. The van der Waals surface area contributed by atoms with E-state index in [0.29, 0.717) is 12.0 Å². The molecule has 1 atom stereocenters. The molecule has 1 saturated carbocycles. The van der Waals surface area contributed by atoms with Gasteiger partial charge in [-0.1, -0.05) is 13.3 Å². The molecule has 19 heavy (non-hydrogen) atoms. The molecular formula is C14H25N3O2. The number of nitrogens with zero attached hydrogens (tertiary/aromatic N) is 2. The van der Waals surface area contributed by atoms with Gasteiger partial charge in [0, 0.05) is 26.7 Å². The summed E-state index contributed by atoms with van der Waals surface area (Å²) in [6.45, 7) is 4.62. The summed E-state index contributed by atoms with van der Waals surface area (Å²) in [6.07, 6.45) is 5.37. The fourth-order valence-corrected chi connectivity index (χ4v) is 3.06. The molecule has 1 aliphatic carbocycles. The zero-order valence-electron chi connectivity index (χ0n) is 12.2. The summed E-state index contributed by atoms with van der Waals surface area (Å²) in [5.74, 6) is 0.585. The lowest BCUT2D eigenvalue weighted by molar-refractivity contribution is -0.144. The molecule has 2 aliphatic rings.